The highest BCUT2D eigenvalue weighted by Crippen LogP contribution is 2.36. The summed E-state index contributed by atoms with van der Waals surface area (Å²) >= 11 is 1.53. The number of aromatic nitrogens is 2. The summed E-state index contributed by atoms with van der Waals surface area (Å²) < 4.78 is 13.3. The molecule has 4 rings (SSSR count). The Morgan fingerprint density at radius 3 is 2.75 bits per heavy atom. The SMILES string of the molecule is CC1CCN(C(=O)CCNc2ncnc3scc(-c4ccc(F)cc4)c23)CC1. The number of hydrogen-bond acceptors (Lipinski definition) is 5. The van der Waals surface area contributed by atoms with Gasteiger partial charge in [-0.25, -0.2) is 14.4 Å². The lowest BCUT2D eigenvalue weighted by Crippen LogP contribution is -2.38. The molecule has 0 bridgehead atoms. The molecule has 3 aromatic rings. The molecule has 5 nitrogen and oxygen atoms in total. The first kappa shape index (κ1) is 18.8. The molecule has 0 radical (unpaired) electrons. The van der Waals surface area contributed by atoms with Crippen molar-refractivity contribution in [3.63, 3.8) is 0 Å². The highest BCUT2D eigenvalue weighted by atomic mass is 32.1. The fourth-order valence-electron chi connectivity index (χ4n) is 3.56. The Kier molecular flexibility index (Phi) is 5.52. The maximum absolute atomic E-state index is 13.3. The number of nitrogens with zero attached hydrogens (tertiary/aromatic N) is 3. The van der Waals surface area contributed by atoms with Crippen LogP contribution in [0.5, 0.6) is 0 Å². The molecule has 3 heterocycles. The first-order valence-corrected chi connectivity index (χ1v) is 10.5. The summed E-state index contributed by atoms with van der Waals surface area (Å²) in [7, 11) is 0. The molecule has 28 heavy (non-hydrogen) atoms. The lowest BCUT2D eigenvalue weighted by molar-refractivity contribution is -0.132. The minimum absolute atomic E-state index is 0.189. The van der Waals surface area contributed by atoms with Crippen molar-refractivity contribution in [3.8, 4) is 11.1 Å². The van der Waals surface area contributed by atoms with Crippen LogP contribution in [0.2, 0.25) is 0 Å². The van der Waals surface area contributed by atoms with Gasteiger partial charge in [-0.3, -0.25) is 4.79 Å². The summed E-state index contributed by atoms with van der Waals surface area (Å²) in [5.41, 5.74) is 1.89. The first-order valence-electron chi connectivity index (χ1n) is 9.61. The van der Waals surface area contributed by atoms with Crippen molar-refractivity contribution in [2.45, 2.75) is 26.2 Å². The minimum Gasteiger partial charge on any atom is -0.369 e. The molecule has 146 valence electrons. The van der Waals surface area contributed by atoms with E-state index < -0.39 is 0 Å². The van der Waals surface area contributed by atoms with Crippen LogP contribution >= 0.6 is 11.3 Å². The molecule has 1 aliphatic rings. The second-order valence-corrected chi connectivity index (χ2v) is 8.16. The van der Waals surface area contributed by atoms with Crippen LogP contribution in [0.1, 0.15) is 26.2 Å². The van der Waals surface area contributed by atoms with Crippen LogP contribution in [0.3, 0.4) is 0 Å². The zero-order valence-electron chi connectivity index (χ0n) is 15.8. The predicted molar refractivity (Wildman–Crippen MR) is 111 cm³/mol. The van der Waals surface area contributed by atoms with Gasteiger partial charge in [0.1, 0.15) is 22.8 Å². The quantitative estimate of drug-likeness (QED) is 0.685. The van der Waals surface area contributed by atoms with Gasteiger partial charge in [-0.05, 0) is 36.5 Å². The van der Waals surface area contributed by atoms with Gasteiger partial charge in [0.05, 0.1) is 5.39 Å². The number of thiophene rings is 1. The molecule has 0 aliphatic carbocycles. The van der Waals surface area contributed by atoms with Gasteiger partial charge < -0.3 is 10.2 Å². The number of piperidine rings is 1. The number of amides is 1. The lowest BCUT2D eigenvalue weighted by Gasteiger charge is -2.30. The molecular formula is C21H23FN4OS. The molecule has 1 aromatic carbocycles. The summed E-state index contributed by atoms with van der Waals surface area (Å²) in [5, 5.41) is 6.23. The van der Waals surface area contributed by atoms with Crippen LogP contribution in [0.25, 0.3) is 21.3 Å². The smallest absolute Gasteiger partial charge is 0.224 e. The average molecular weight is 399 g/mol. The van der Waals surface area contributed by atoms with Gasteiger partial charge in [0.25, 0.3) is 0 Å². The van der Waals surface area contributed by atoms with E-state index in [2.05, 4.69) is 22.2 Å². The van der Waals surface area contributed by atoms with Crippen LogP contribution in [0.4, 0.5) is 10.2 Å². The maximum Gasteiger partial charge on any atom is 0.224 e. The Hall–Kier alpha value is -2.54. The van der Waals surface area contributed by atoms with Crippen LogP contribution in [0.15, 0.2) is 36.0 Å². The number of anilines is 1. The molecule has 2 aromatic heterocycles. The molecule has 1 saturated heterocycles. The van der Waals surface area contributed by atoms with E-state index in [1.165, 1.54) is 29.8 Å². The number of halogens is 1. The summed E-state index contributed by atoms with van der Waals surface area (Å²) in [6.45, 7) is 4.48. The van der Waals surface area contributed by atoms with E-state index in [1.807, 2.05) is 10.3 Å². The van der Waals surface area contributed by atoms with Crippen LogP contribution < -0.4 is 5.32 Å². The van der Waals surface area contributed by atoms with Gasteiger partial charge >= 0.3 is 0 Å². The summed E-state index contributed by atoms with van der Waals surface area (Å²) in [6, 6.07) is 6.42. The third-order valence-corrected chi connectivity index (χ3v) is 6.18. The summed E-state index contributed by atoms with van der Waals surface area (Å²) in [5.74, 6) is 1.35. The molecule has 1 N–H and O–H groups in total. The minimum atomic E-state index is -0.261. The molecule has 0 saturated carbocycles. The van der Waals surface area contributed by atoms with Gasteiger partial charge in [0, 0.05) is 37.0 Å². The Bertz CT molecular complexity index is 964. The monoisotopic (exact) mass is 398 g/mol. The number of benzene rings is 1. The predicted octanol–water partition coefficient (Wildman–Crippen LogP) is 4.56. The fourth-order valence-corrected chi connectivity index (χ4v) is 4.47. The van der Waals surface area contributed by atoms with Crippen molar-refractivity contribution < 1.29 is 9.18 Å². The molecule has 0 spiro atoms. The van der Waals surface area contributed by atoms with Crippen molar-refractivity contribution >= 4 is 33.3 Å². The van der Waals surface area contributed by atoms with Crippen molar-refractivity contribution in [1.82, 2.24) is 14.9 Å². The second kappa shape index (κ2) is 8.22. The summed E-state index contributed by atoms with van der Waals surface area (Å²) in [6.07, 6.45) is 4.14. The van der Waals surface area contributed by atoms with Crippen LogP contribution in [0, 0.1) is 11.7 Å². The van der Waals surface area contributed by atoms with E-state index in [1.54, 1.807) is 12.1 Å². The number of nitrogens with one attached hydrogen (secondary N) is 1. The third-order valence-electron chi connectivity index (χ3n) is 5.29. The largest absolute Gasteiger partial charge is 0.369 e. The molecule has 0 atom stereocenters. The van der Waals surface area contributed by atoms with E-state index >= 15 is 0 Å². The number of fused-ring (bicyclic) bond motifs is 1. The van der Waals surface area contributed by atoms with Crippen LogP contribution in [-0.4, -0.2) is 40.4 Å². The van der Waals surface area contributed by atoms with Gasteiger partial charge in [0.2, 0.25) is 5.91 Å². The average Bonchev–Trinajstić information content (AvgIpc) is 3.14. The van der Waals surface area contributed by atoms with Crippen molar-refractivity contribution in [1.29, 1.82) is 0 Å². The Morgan fingerprint density at radius 2 is 2.00 bits per heavy atom. The number of rotatable bonds is 5. The highest BCUT2D eigenvalue weighted by Gasteiger charge is 2.20. The zero-order valence-corrected chi connectivity index (χ0v) is 16.6. The summed E-state index contributed by atoms with van der Waals surface area (Å²) in [4.78, 5) is 24.0. The lowest BCUT2D eigenvalue weighted by atomic mass is 9.99. The Labute approximate surface area is 167 Å². The van der Waals surface area contributed by atoms with E-state index in [0.29, 0.717) is 24.7 Å². The van der Waals surface area contributed by atoms with Gasteiger partial charge in [-0.15, -0.1) is 11.3 Å². The van der Waals surface area contributed by atoms with Crippen molar-refractivity contribution in [2.24, 2.45) is 5.92 Å². The number of carbonyl (C=O) groups excluding carboxylic acids is 1. The van der Waals surface area contributed by atoms with Crippen molar-refractivity contribution in [3.05, 3.63) is 41.8 Å². The Balaban J connectivity index is 1.47. The normalized spacial score (nSPS) is 15.1. The van der Waals surface area contributed by atoms with Gasteiger partial charge in [-0.2, -0.15) is 0 Å². The van der Waals surface area contributed by atoms with Gasteiger partial charge in [0.15, 0.2) is 0 Å². The highest BCUT2D eigenvalue weighted by molar-refractivity contribution is 7.17. The molecule has 0 unspecified atom stereocenters. The standard InChI is InChI=1S/C21H23FN4OS/c1-14-7-10-26(11-8-14)18(27)6-9-23-20-19-17(12-28-21(19)25-13-24-20)15-2-4-16(22)5-3-15/h2-5,12-14H,6-11H2,1H3,(H,23,24,25). The number of hydrogen-bond donors (Lipinski definition) is 1. The molecule has 7 heteroatoms. The first-order chi connectivity index (χ1) is 13.6. The Morgan fingerprint density at radius 1 is 1.25 bits per heavy atom. The third kappa shape index (κ3) is 3.99. The van der Waals surface area contributed by atoms with E-state index in [4.69, 9.17) is 0 Å². The van der Waals surface area contributed by atoms with E-state index in [-0.39, 0.29) is 11.7 Å². The molecular weight excluding hydrogens is 375 g/mol. The number of carbonyl (C=O) groups is 1. The van der Waals surface area contributed by atoms with Gasteiger partial charge in [-0.1, -0.05) is 19.1 Å². The van der Waals surface area contributed by atoms with E-state index in [0.717, 1.165) is 47.3 Å². The number of likely N-dealkylation sites (tertiary alicyclic amines) is 1. The second-order valence-electron chi connectivity index (χ2n) is 7.30. The maximum atomic E-state index is 13.3. The molecule has 1 aliphatic heterocycles. The molecule has 1 fully saturated rings. The topological polar surface area (TPSA) is 58.1 Å². The zero-order chi connectivity index (χ0) is 19.5. The van der Waals surface area contributed by atoms with E-state index in [9.17, 15) is 9.18 Å². The fraction of sp³-hybridized carbons (Fsp3) is 0.381. The molecule has 1 amide bonds. The van der Waals surface area contributed by atoms with Crippen LogP contribution in [-0.2, 0) is 4.79 Å². The van der Waals surface area contributed by atoms with Crippen molar-refractivity contribution in [2.75, 3.05) is 25.0 Å².